The maximum atomic E-state index is 12.3. The molecule has 0 unspecified atom stereocenters. The van der Waals surface area contributed by atoms with Gasteiger partial charge in [0.2, 0.25) is 5.89 Å². The molecule has 1 aliphatic heterocycles. The van der Waals surface area contributed by atoms with Crippen molar-refractivity contribution in [1.29, 1.82) is 0 Å². The summed E-state index contributed by atoms with van der Waals surface area (Å²) >= 11 is 0. The lowest BCUT2D eigenvalue weighted by molar-refractivity contribution is -0.143. The summed E-state index contributed by atoms with van der Waals surface area (Å²) in [5.41, 5.74) is 0.759. The van der Waals surface area contributed by atoms with E-state index in [4.69, 9.17) is 4.52 Å². The number of carbonyl (C=O) groups is 3. The molecular weight excluding hydrogens is 288 g/mol. The Morgan fingerprint density at radius 2 is 1.64 bits per heavy atom. The van der Waals surface area contributed by atoms with Crippen molar-refractivity contribution >= 4 is 17.8 Å². The summed E-state index contributed by atoms with van der Waals surface area (Å²) in [5, 5.41) is 3.62. The average Bonchev–Trinajstić information content (AvgIpc) is 3.01. The van der Waals surface area contributed by atoms with Gasteiger partial charge in [-0.05, 0) is 5.56 Å². The summed E-state index contributed by atoms with van der Waals surface area (Å²) in [7, 11) is 0. The van der Waals surface area contributed by atoms with Crippen LogP contribution in [0.4, 0.5) is 4.79 Å². The number of hydrogen-bond acceptors (Lipinski definition) is 6. The number of rotatable bonds is 4. The normalized spacial score (nSPS) is 15.0. The molecule has 1 aromatic heterocycles. The highest BCUT2D eigenvalue weighted by Gasteiger charge is 2.44. The molecule has 3 rings (SSSR count). The average molecular weight is 300 g/mol. The molecular formula is C14H12N4O4. The Labute approximate surface area is 125 Å². The summed E-state index contributed by atoms with van der Waals surface area (Å²) in [6, 6.07) is 8.28. The molecule has 22 heavy (non-hydrogen) atoms. The van der Waals surface area contributed by atoms with Gasteiger partial charge in [-0.25, -0.2) is 9.69 Å². The van der Waals surface area contributed by atoms with Crippen LogP contribution in [0.5, 0.6) is 0 Å². The standard InChI is InChI=1S/C14H12N4O4/c1-9-15-11(16-22-9)8-18-13(20)12(19)17(14(18)21)7-10-5-3-2-4-6-10/h2-6H,7-8H2,1H3. The lowest BCUT2D eigenvalue weighted by atomic mass is 10.2. The molecule has 8 heteroatoms. The fourth-order valence-electron chi connectivity index (χ4n) is 2.14. The fourth-order valence-corrected chi connectivity index (χ4v) is 2.14. The first kappa shape index (κ1) is 13.9. The van der Waals surface area contributed by atoms with Crippen molar-refractivity contribution in [3.63, 3.8) is 0 Å². The largest absolute Gasteiger partial charge is 0.340 e. The van der Waals surface area contributed by atoms with Gasteiger partial charge in [0, 0.05) is 6.92 Å². The van der Waals surface area contributed by atoms with E-state index in [-0.39, 0.29) is 18.9 Å². The Balaban J connectivity index is 1.78. The lowest BCUT2D eigenvalue weighted by Gasteiger charge is -2.14. The first-order valence-electron chi connectivity index (χ1n) is 6.56. The zero-order valence-corrected chi connectivity index (χ0v) is 11.7. The van der Waals surface area contributed by atoms with E-state index in [1.165, 1.54) is 0 Å². The molecule has 0 spiro atoms. The molecule has 112 valence electrons. The van der Waals surface area contributed by atoms with E-state index in [1.54, 1.807) is 31.2 Å². The van der Waals surface area contributed by atoms with Gasteiger partial charge in [0.25, 0.3) is 0 Å². The third-order valence-electron chi connectivity index (χ3n) is 3.19. The van der Waals surface area contributed by atoms with Gasteiger partial charge in [-0.15, -0.1) is 0 Å². The van der Waals surface area contributed by atoms with Gasteiger partial charge in [-0.3, -0.25) is 14.5 Å². The van der Waals surface area contributed by atoms with Crippen molar-refractivity contribution in [2.24, 2.45) is 0 Å². The van der Waals surface area contributed by atoms with Gasteiger partial charge < -0.3 is 4.52 Å². The summed E-state index contributed by atoms with van der Waals surface area (Å²) < 4.78 is 4.79. The van der Waals surface area contributed by atoms with E-state index in [1.807, 2.05) is 6.07 Å². The molecule has 4 amide bonds. The number of carbonyl (C=O) groups excluding carboxylic acids is 3. The van der Waals surface area contributed by atoms with E-state index < -0.39 is 17.8 Å². The number of aryl methyl sites for hydroxylation is 1. The number of aromatic nitrogens is 2. The molecule has 0 N–H and O–H groups in total. The van der Waals surface area contributed by atoms with Gasteiger partial charge in [-0.1, -0.05) is 35.5 Å². The lowest BCUT2D eigenvalue weighted by Crippen LogP contribution is -2.33. The van der Waals surface area contributed by atoms with Gasteiger partial charge in [-0.2, -0.15) is 4.98 Å². The molecule has 1 saturated heterocycles. The van der Waals surface area contributed by atoms with Crippen molar-refractivity contribution in [1.82, 2.24) is 19.9 Å². The number of imide groups is 2. The first-order chi connectivity index (χ1) is 10.6. The molecule has 2 aromatic rings. The molecule has 1 aromatic carbocycles. The Morgan fingerprint density at radius 3 is 2.23 bits per heavy atom. The minimum absolute atomic E-state index is 0.0476. The van der Waals surface area contributed by atoms with Crippen LogP contribution in [0, 0.1) is 6.92 Å². The van der Waals surface area contributed by atoms with Crippen LogP contribution in [0.2, 0.25) is 0 Å². The van der Waals surface area contributed by atoms with Gasteiger partial charge in [0.15, 0.2) is 5.82 Å². The predicted octanol–water partition coefficient (Wildman–Crippen LogP) is 0.869. The van der Waals surface area contributed by atoms with E-state index in [0.29, 0.717) is 5.89 Å². The van der Waals surface area contributed by atoms with Gasteiger partial charge in [0.05, 0.1) is 13.1 Å². The molecule has 8 nitrogen and oxygen atoms in total. The SMILES string of the molecule is Cc1nc(CN2C(=O)C(=O)N(Cc3ccccc3)C2=O)no1. The molecule has 0 atom stereocenters. The maximum absolute atomic E-state index is 12.3. The van der Waals surface area contributed by atoms with Crippen LogP contribution in [0.1, 0.15) is 17.3 Å². The molecule has 0 radical (unpaired) electrons. The second-order valence-corrected chi connectivity index (χ2v) is 4.78. The molecule has 1 aliphatic rings. The van der Waals surface area contributed by atoms with Crippen molar-refractivity contribution in [3.05, 3.63) is 47.6 Å². The summed E-state index contributed by atoms with van der Waals surface area (Å²) in [4.78, 5) is 41.8. The summed E-state index contributed by atoms with van der Waals surface area (Å²) in [6.45, 7) is 1.45. The fraction of sp³-hybridized carbons (Fsp3) is 0.214. The molecule has 0 bridgehead atoms. The smallest absolute Gasteiger partial charge is 0.334 e. The van der Waals surface area contributed by atoms with Crippen LogP contribution in [-0.4, -0.2) is 37.8 Å². The van der Waals surface area contributed by atoms with Crippen LogP contribution in [0.3, 0.4) is 0 Å². The first-order valence-corrected chi connectivity index (χ1v) is 6.56. The molecule has 0 saturated carbocycles. The highest BCUT2D eigenvalue weighted by molar-refractivity contribution is 6.44. The minimum atomic E-state index is -0.886. The third-order valence-corrected chi connectivity index (χ3v) is 3.19. The zero-order valence-electron chi connectivity index (χ0n) is 11.7. The van der Waals surface area contributed by atoms with Gasteiger partial charge in [0.1, 0.15) is 0 Å². The number of hydrogen-bond donors (Lipinski definition) is 0. The predicted molar refractivity (Wildman–Crippen MR) is 72.0 cm³/mol. The Kier molecular flexibility index (Phi) is 3.42. The van der Waals surface area contributed by atoms with Crippen LogP contribution in [0.25, 0.3) is 0 Å². The second kappa shape index (κ2) is 5.40. The Morgan fingerprint density at radius 1 is 1.00 bits per heavy atom. The monoisotopic (exact) mass is 300 g/mol. The number of urea groups is 1. The van der Waals surface area contributed by atoms with Crippen molar-refractivity contribution < 1.29 is 18.9 Å². The van der Waals surface area contributed by atoms with E-state index in [2.05, 4.69) is 10.1 Å². The number of benzene rings is 1. The highest BCUT2D eigenvalue weighted by Crippen LogP contribution is 2.17. The zero-order chi connectivity index (χ0) is 15.7. The number of amides is 4. The highest BCUT2D eigenvalue weighted by atomic mass is 16.5. The quantitative estimate of drug-likeness (QED) is 0.614. The number of nitrogens with zero attached hydrogens (tertiary/aromatic N) is 4. The summed E-state index contributed by atoms with van der Waals surface area (Å²) in [6.07, 6.45) is 0. The van der Waals surface area contributed by atoms with Gasteiger partial charge >= 0.3 is 17.8 Å². The van der Waals surface area contributed by atoms with E-state index in [0.717, 1.165) is 15.4 Å². The molecule has 0 aliphatic carbocycles. The van der Waals surface area contributed by atoms with Crippen molar-refractivity contribution in [2.45, 2.75) is 20.0 Å². The topological polar surface area (TPSA) is 96.6 Å². The van der Waals surface area contributed by atoms with Crippen LogP contribution >= 0.6 is 0 Å². The Bertz CT molecular complexity index is 740. The van der Waals surface area contributed by atoms with Crippen molar-refractivity contribution in [3.8, 4) is 0 Å². The third kappa shape index (κ3) is 2.46. The maximum Gasteiger partial charge on any atom is 0.334 e. The Hall–Kier alpha value is -3.03. The van der Waals surface area contributed by atoms with Crippen LogP contribution in [0.15, 0.2) is 34.9 Å². The summed E-state index contributed by atoms with van der Waals surface area (Å²) in [5.74, 6) is -1.24. The molecule has 1 fully saturated rings. The van der Waals surface area contributed by atoms with E-state index >= 15 is 0 Å². The van der Waals surface area contributed by atoms with Crippen molar-refractivity contribution in [2.75, 3.05) is 0 Å². The van der Waals surface area contributed by atoms with Crippen LogP contribution < -0.4 is 0 Å². The second-order valence-electron chi connectivity index (χ2n) is 4.78. The van der Waals surface area contributed by atoms with E-state index in [9.17, 15) is 14.4 Å². The molecule has 2 heterocycles. The van der Waals surface area contributed by atoms with Crippen LogP contribution in [-0.2, 0) is 22.7 Å². The minimum Gasteiger partial charge on any atom is -0.340 e.